The lowest BCUT2D eigenvalue weighted by atomic mass is 10.1. The number of nitro benzene ring substituents is 1. The molecule has 134 valence electrons. The van der Waals surface area contributed by atoms with Crippen molar-refractivity contribution in [1.82, 2.24) is 4.90 Å². The lowest BCUT2D eigenvalue weighted by molar-refractivity contribution is -0.384. The van der Waals surface area contributed by atoms with E-state index in [1.54, 1.807) is 24.3 Å². The second-order valence-electron chi connectivity index (χ2n) is 5.64. The number of halogens is 2. The Morgan fingerprint density at radius 3 is 2.62 bits per heavy atom. The summed E-state index contributed by atoms with van der Waals surface area (Å²) < 4.78 is 0. The molecule has 1 saturated heterocycles. The van der Waals surface area contributed by atoms with Crippen molar-refractivity contribution >= 4 is 57.4 Å². The molecular weight excluding hydrogens is 397 g/mol. The molecule has 1 aliphatic heterocycles. The molecule has 26 heavy (non-hydrogen) atoms. The van der Waals surface area contributed by atoms with Gasteiger partial charge in [0.2, 0.25) is 0 Å². The van der Waals surface area contributed by atoms with Gasteiger partial charge < -0.3 is 0 Å². The SMILES string of the molecule is C[C@@H]1CN(C(=O)c2ccc(Cl)c([N+](=O)[O-])c2)C(=Nc2ccc(Cl)cc2)S1. The average molecular weight is 410 g/mol. The van der Waals surface area contributed by atoms with Gasteiger partial charge in [0.15, 0.2) is 5.17 Å². The van der Waals surface area contributed by atoms with Crippen molar-refractivity contribution in [3.63, 3.8) is 0 Å². The number of thioether (sulfide) groups is 1. The van der Waals surface area contributed by atoms with Gasteiger partial charge in [-0.2, -0.15) is 0 Å². The summed E-state index contributed by atoms with van der Waals surface area (Å²) >= 11 is 13.2. The van der Waals surface area contributed by atoms with Crippen LogP contribution in [0.25, 0.3) is 0 Å². The van der Waals surface area contributed by atoms with E-state index in [2.05, 4.69) is 4.99 Å². The standard InChI is InChI=1S/C17H13Cl2N3O3S/c1-10-9-21(17(26-10)20-13-5-3-12(18)4-6-13)16(23)11-2-7-14(19)15(8-11)22(24)25/h2-8,10H,9H2,1H3/t10-/m1/s1. The lowest BCUT2D eigenvalue weighted by Gasteiger charge is -2.16. The molecule has 1 aliphatic rings. The smallest absolute Gasteiger partial charge is 0.286 e. The molecule has 0 aromatic heterocycles. The van der Waals surface area contributed by atoms with Crippen molar-refractivity contribution < 1.29 is 9.72 Å². The third-order valence-electron chi connectivity index (χ3n) is 3.66. The molecule has 0 N–H and O–H groups in total. The molecule has 0 spiro atoms. The Morgan fingerprint density at radius 2 is 1.96 bits per heavy atom. The Labute approximate surface area is 164 Å². The van der Waals surface area contributed by atoms with Crippen LogP contribution < -0.4 is 0 Å². The predicted molar refractivity (Wildman–Crippen MR) is 105 cm³/mol. The summed E-state index contributed by atoms with van der Waals surface area (Å²) in [5.41, 5.74) is 0.569. The summed E-state index contributed by atoms with van der Waals surface area (Å²) in [6.07, 6.45) is 0. The van der Waals surface area contributed by atoms with E-state index in [0.29, 0.717) is 22.4 Å². The number of carbonyl (C=O) groups is 1. The van der Waals surface area contributed by atoms with Crippen LogP contribution in [-0.2, 0) is 0 Å². The van der Waals surface area contributed by atoms with Gasteiger partial charge in [0, 0.05) is 28.4 Å². The summed E-state index contributed by atoms with van der Waals surface area (Å²) in [5, 5.41) is 12.4. The molecule has 3 rings (SSSR count). The number of aliphatic imine (C=N–C) groups is 1. The molecule has 0 unspecified atom stereocenters. The van der Waals surface area contributed by atoms with Gasteiger partial charge in [-0.1, -0.05) is 41.9 Å². The molecular formula is C17H13Cl2N3O3S. The highest BCUT2D eigenvalue weighted by molar-refractivity contribution is 8.14. The number of amides is 1. The Bertz CT molecular complexity index is 903. The van der Waals surface area contributed by atoms with Crippen molar-refractivity contribution in [2.24, 2.45) is 4.99 Å². The van der Waals surface area contributed by atoms with Crippen LogP contribution in [0.3, 0.4) is 0 Å². The normalized spacial score (nSPS) is 18.3. The number of benzene rings is 2. The maximum Gasteiger partial charge on any atom is 0.288 e. The lowest BCUT2D eigenvalue weighted by Crippen LogP contribution is -2.32. The zero-order valence-electron chi connectivity index (χ0n) is 13.6. The highest BCUT2D eigenvalue weighted by atomic mass is 35.5. The first-order valence-electron chi connectivity index (χ1n) is 7.62. The summed E-state index contributed by atoms with van der Waals surface area (Å²) in [7, 11) is 0. The van der Waals surface area contributed by atoms with Gasteiger partial charge in [-0.3, -0.25) is 19.8 Å². The van der Waals surface area contributed by atoms with E-state index in [1.807, 2.05) is 6.92 Å². The number of nitro groups is 1. The molecule has 0 radical (unpaired) electrons. The average Bonchev–Trinajstić information content (AvgIpc) is 2.97. The van der Waals surface area contributed by atoms with Crippen molar-refractivity contribution in [3.05, 3.63) is 68.2 Å². The fourth-order valence-electron chi connectivity index (χ4n) is 2.44. The van der Waals surface area contributed by atoms with Gasteiger partial charge in [-0.25, -0.2) is 4.99 Å². The van der Waals surface area contributed by atoms with Crippen molar-refractivity contribution in [2.45, 2.75) is 12.2 Å². The predicted octanol–water partition coefficient (Wildman–Crippen LogP) is 5.17. The maximum atomic E-state index is 12.9. The molecule has 2 aromatic carbocycles. The second kappa shape index (κ2) is 7.65. The van der Waals surface area contributed by atoms with Crippen LogP contribution in [0.2, 0.25) is 10.0 Å². The molecule has 2 aromatic rings. The van der Waals surface area contributed by atoms with Gasteiger partial charge in [0.25, 0.3) is 11.6 Å². The number of hydrogen-bond acceptors (Lipinski definition) is 5. The van der Waals surface area contributed by atoms with E-state index >= 15 is 0 Å². The number of amidine groups is 1. The van der Waals surface area contributed by atoms with Gasteiger partial charge in [-0.15, -0.1) is 0 Å². The Hall–Kier alpha value is -2.09. The minimum atomic E-state index is -0.608. The highest BCUT2D eigenvalue weighted by Crippen LogP contribution is 2.31. The summed E-state index contributed by atoms with van der Waals surface area (Å²) in [4.78, 5) is 29.4. The molecule has 0 saturated carbocycles. The number of rotatable bonds is 3. The van der Waals surface area contributed by atoms with E-state index < -0.39 is 4.92 Å². The Balaban J connectivity index is 1.93. The molecule has 1 fully saturated rings. The first kappa shape index (κ1) is 18.7. The van der Waals surface area contributed by atoms with Crippen LogP contribution in [0.15, 0.2) is 47.5 Å². The highest BCUT2D eigenvalue weighted by Gasteiger charge is 2.32. The molecule has 1 atom stereocenters. The largest absolute Gasteiger partial charge is 0.288 e. The first-order valence-corrected chi connectivity index (χ1v) is 9.25. The van der Waals surface area contributed by atoms with E-state index in [9.17, 15) is 14.9 Å². The number of nitrogens with zero attached hydrogens (tertiary/aromatic N) is 3. The van der Waals surface area contributed by atoms with Gasteiger partial charge in [0.05, 0.1) is 10.6 Å². The fourth-order valence-corrected chi connectivity index (χ4v) is 3.78. The topological polar surface area (TPSA) is 75.8 Å². The third kappa shape index (κ3) is 4.00. The van der Waals surface area contributed by atoms with Crippen LogP contribution in [0.1, 0.15) is 17.3 Å². The summed E-state index contributed by atoms with van der Waals surface area (Å²) in [6, 6.07) is 11.0. The fraction of sp³-hybridized carbons (Fsp3) is 0.176. The number of hydrogen-bond donors (Lipinski definition) is 0. The third-order valence-corrected chi connectivity index (χ3v) is 5.31. The minimum Gasteiger partial charge on any atom is -0.286 e. The second-order valence-corrected chi connectivity index (χ2v) is 7.89. The van der Waals surface area contributed by atoms with Gasteiger partial charge in [-0.05, 0) is 36.4 Å². The van der Waals surface area contributed by atoms with Crippen LogP contribution in [-0.4, -0.2) is 32.7 Å². The van der Waals surface area contributed by atoms with Crippen LogP contribution in [0.5, 0.6) is 0 Å². The van der Waals surface area contributed by atoms with Crippen molar-refractivity contribution in [2.75, 3.05) is 6.54 Å². The molecule has 0 bridgehead atoms. The Kier molecular flexibility index (Phi) is 5.50. The summed E-state index contributed by atoms with van der Waals surface area (Å²) in [5.74, 6) is -0.352. The zero-order valence-corrected chi connectivity index (χ0v) is 15.9. The minimum absolute atomic E-state index is 0.00855. The summed E-state index contributed by atoms with van der Waals surface area (Å²) in [6.45, 7) is 2.45. The van der Waals surface area contributed by atoms with E-state index in [4.69, 9.17) is 23.2 Å². The van der Waals surface area contributed by atoms with Gasteiger partial charge in [0.1, 0.15) is 5.02 Å². The van der Waals surface area contributed by atoms with Crippen molar-refractivity contribution in [1.29, 1.82) is 0 Å². The van der Waals surface area contributed by atoms with Crippen LogP contribution >= 0.6 is 35.0 Å². The monoisotopic (exact) mass is 409 g/mol. The molecule has 1 heterocycles. The molecule has 0 aliphatic carbocycles. The van der Waals surface area contributed by atoms with Crippen LogP contribution in [0, 0.1) is 10.1 Å². The van der Waals surface area contributed by atoms with E-state index in [-0.39, 0.29) is 27.4 Å². The van der Waals surface area contributed by atoms with E-state index in [0.717, 1.165) is 0 Å². The quantitative estimate of drug-likeness (QED) is 0.517. The van der Waals surface area contributed by atoms with Gasteiger partial charge >= 0.3 is 0 Å². The number of carbonyl (C=O) groups excluding carboxylic acids is 1. The maximum absolute atomic E-state index is 12.9. The molecule has 6 nitrogen and oxygen atoms in total. The van der Waals surface area contributed by atoms with Crippen molar-refractivity contribution in [3.8, 4) is 0 Å². The van der Waals surface area contributed by atoms with E-state index in [1.165, 1.54) is 34.9 Å². The Morgan fingerprint density at radius 1 is 1.27 bits per heavy atom. The molecule has 1 amide bonds. The zero-order chi connectivity index (χ0) is 18.8. The molecule has 9 heteroatoms. The van der Waals surface area contributed by atoms with Crippen LogP contribution in [0.4, 0.5) is 11.4 Å². The first-order chi connectivity index (χ1) is 12.3.